The Labute approximate surface area is 144 Å². The fourth-order valence-corrected chi connectivity index (χ4v) is 2.52. The zero-order valence-corrected chi connectivity index (χ0v) is 13.7. The van der Waals surface area contributed by atoms with E-state index in [2.05, 4.69) is 5.32 Å². The Bertz CT molecular complexity index is 749. The van der Waals surface area contributed by atoms with Crippen LogP contribution in [0.5, 0.6) is 11.5 Å². The van der Waals surface area contributed by atoms with Crippen LogP contribution >= 0.6 is 0 Å². The van der Waals surface area contributed by atoms with Crippen molar-refractivity contribution in [1.29, 1.82) is 0 Å². The van der Waals surface area contributed by atoms with Crippen molar-refractivity contribution in [2.45, 2.75) is 6.10 Å². The van der Waals surface area contributed by atoms with Gasteiger partial charge in [-0.25, -0.2) is 8.78 Å². The standard InChI is InChI=1S/C18H18F2N2O3/c1-22-6-7-24-17(11-22)18(23)21-15-4-2-3-5-16(15)25-14-9-12(19)8-13(20)10-14/h2-5,8-10,17H,6-7,11H2,1H3,(H,21,23)/t17-/m0/s1. The summed E-state index contributed by atoms with van der Waals surface area (Å²) in [6.45, 7) is 1.74. The SMILES string of the molecule is CN1CCO[C@H](C(=O)Nc2ccccc2Oc2cc(F)cc(F)c2)C1. The molecule has 1 N–H and O–H groups in total. The predicted octanol–water partition coefficient (Wildman–Crippen LogP) is 3.03. The summed E-state index contributed by atoms with van der Waals surface area (Å²) < 4.78 is 37.6. The van der Waals surface area contributed by atoms with Gasteiger partial charge in [-0.1, -0.05) is 12.1 Å². The van der Waals surface area contributed by atoms with E-state index >= 15 is 0 Å². The fraction of sp³-hybridized carbons (Fsp3) is 0.278. The third-order valence-corrected chi connectivity index (χ3v) is 3.77. The fourth-order valence-electron chi connectivity index (χ4n) is 2.52. The number of hydrogen-bond acceptors (Lipinski definition) is 4. The number of para-hydroxylation sites is 2. The zero-order valence-electron chi connectivity index (χ0n) is 13.7. The minimum Gasteiger partial charge on any atom is -0.455 e. The molecule has 1 saturated heterocycles. The molecule has 0 aliphatic carbocycles. The van der Waals surface area contributed by atoms with Gasteiger partial charge in [0, 0.05) is 31.3 Å². The van der Waals surface area contributed by atoms with Crippen molar-refractivity contribution in [1.82, 2.24) is 4.90 Å². The highest BCUT2D eigenvalue weighted by Crippen LogP contribution is 2.30. The van der Waals surface area contributed by atoms with Crippen molar-refractivity contribution in [2.24, 2.45) is 0 Å². The van der Waals surface area contributed by atoms with E-state index in [9.17, 15) is 13.6 Å². The van der Waals surface area contributed by atoms with Crippen molar-refractivity contribution in [3.63, 3.8) is 0 Å². The number of halogens is 2. The normalized spacial score (nSPS) is 18.0. The highest BCUT2D eigenvalue weighted by Gasteiger charge is 2.25. The van der Waals surface area contributed by atoms with Crippen LogP contribution in [0.2, 0.25) is 0 Å². The molecule has 0 saturated carbocycles. The van der Waals surface area contributed by atoms with Crippen LogP contribution in [0.25, 0.3) is 0 Å². The number of nitrogens with one attached hydrogen (secondary N) is 1. The number of amides is 1. The lowest BCUT2D eigenvalue weighted by molar-refractivity contribution is -0.132. The van der Waals surface area contributed by atoms with Crippen molar-refractivity contribution >= 4 is 11.6 Å². The van der Waals surface area contributed by atoms with E-state index in [0.29, 0.717) is 18.8 Å². The molecule has 0 aromatic heterocycles. The number of anilines is 1. The second-order valence-electron chi connectivity index (χ2n) is 5.81. The topological polar surface area (TPSA) is 50.8 Å². The Kier molecular flexibility index (Phi) is 5.25. The van der Waals surface area contributed by atoms with Crippen LogP contribution in [0.4, 0.5) is 14.5 Å². The van der Waals surface area contributed by atoms with E-state index in [1.165, 1.54) is 0 Å². The molecule has 132 valence electrons. The molecule has 1 fully saturated rings. The molecule has 25 heavy (non-hydrogen) atoms. The van der Waals surface area contributed by atoms with E-state index in [1.807, 2.05) is 11.9 Å². The Hall–Kier alpha value is -2.51. The molecule has 7 heteroatoms. The molecule has 0 spiro atoms. The maximum Gasteiger partial charge on any atom is 0.254 e. The number of nitrogens with zero attached hydrogens (tertiary/aromatic N) is 1. The number of hydrogen-bond donors (Lipinski definition) is 1. The van der Waals surface area contributed by atoms with Crippen LogP contribution in [-0.4, -0.2) is 43.7 Å². The average Bonchev–Trinajstić information content (AvgIpc) is 2.55. The van der Waals surface area contributed by atoms with Gasteiger partial charge in [-0.3, -0.25) is 4.79 Å². The van der Waals surface area contributed by atoms with Gasteiger partial charge < -0.3 is 19.7 Å². The quantitative estimate of drug-likeness (QED) is 0.923. The van der Waals surface area contributed by atoms with Crippen LogP contribution in [0.3, 0.4) is 0 Å². The van der Waals surface area contributed by atoms with Crippen molar-refractivity contribution < 1.29 is 23.0 Å². The maximum atomic E-state index is 13.3. The molecule has 1 aliphatic heterocycles. The van der Waals surface area contributed by atoms with Crippen LogP contribution in [0.1, 0.15) is 0 Å². The zero-order chi connectivity index (χ0) is 17.8. The Morgan fingerprint density at radius 1 is 1.24 bits per heavy atom. The Morgan fingerprint density at radius 3 is 2.68 bits per heavy atom. The van der Waals surface area contributed by atoms with Crippen LogP contribution in [0, 0.1) is 11.6 Å². The molecule has 2 aromatic carbocycles. The molecule has 1 aliphatic rings. The number of carbonyl (C=O) groups is 1. The summed E-state index contributed by atoms with van der Waals surface area (Å²) in [6, 6.07) is 9.58. The van der Waals surface area contributed by atoms with Crippen LogP contribution < -0.4 is 10.1 Å². The monoisotopic (exact) mass is 348 g/mol. The first-order valence-electron chi connectivity index (χ1n) is 7.85. The van der Waals surface area contributed by atoms with Gasteiger partial charge in [0.2, 0.25) is 0 Å². The summed E-state index contributed by atoms with van der Waals surface area (Å²) in [5.74, 6) is -1.49. The van der Waals surface area contributed by atoms with E-state index in [-0.39, 0.29) is 17.4 Å². The second-order valence-corrected chi connectivity index (χ2v) is 5.81. The first kappa shape index (κ1) is 17.3. The largest absolute Gasteiger partial charge is 0.455 e. The highest BCUT2D eigenvalue weighted by atomic mass is 19.1. The Morgan fingerprint density at radius 2 is 1.96 bits per heavy atom. The molecule has 1 heterocycles. The van der Waals surface area contributed by atoms with Crippen molar-refractivity contribution in [3.05, 3.63) is 54.1 Å². The van der Waals surface area contributed by atoms with Gasteiger partial charge in [0.05, 0.1) is 12.3 Å². The summed E-state index contributed by atoms with van der Waals surface area (Å²) in [7, 11) is 1.92. The number of likely N-dealkylation sites (N-methyl/N-ethyl adjacent to an activating group) is 1. The van der Waals surface area contributed by atoms with Gasteiger partial charge in [0.25, 0.3) is 5.91 Å². The molecular weight excluding hydrogens is 330 g/mol. The number of morpholine rings is 1. The van der Waals surface area contributed by atoms with Crippen LogP contribution in [-0.2, 0) is 9.53 Å². The van der Waals surface area contributed by atoms with Gasteiger partial charge in [-0.2, -0.15) is 0 Å². The maximum absolute atomic E-state index is 13.3. The number of benzene rings is 2. The molecule has 3 rings (SSSR count). The molecule has 1 amide bonds. The summed E-state index contributed by atoms with van der Waals surface area (Å²) in [6.07, 6.45) is -0.585. The van der Waals surface area contributed by atoms with Gasteiger partial charge in [-0.05, 0) is 19.2 Å². The lowest BCUT2D eigenvalue weighted by Crippen LogP contribution is -2.46. The van der Waals surface area contributed by atoms with E-state index in [4.69, 9.17) is 9.47 Å². The summed E-state index contributed by atoms with van der Waals surface area (Å²) in [5, 5.41) is 2.75. The van der Waals surface area contributed by atoms with Gasteiger partial charge in [0.15, 0.2) is 5.75 Å². The molecule has 1 atom stereocenters. The van der Waals surface area contributed by atoms with E-state index in [1.54, 1.807) is 24.3 Å². The first-order chi connectivity index (χ1) is 12.0. The minimum absolute atomic E-state index is 0.00727. The lowest BCUT2D eigenvalue weighted by Gasteiger charge is -2.29. The van der Waals surface area contributed by atoms with Crippen molar-refractivity contribution in [3.8, 4) is 11.5 Å². The average molecular weight is 348 g/mol. The van der Waals surface area contributed by atoms with Gasteiger partial charge >= 0.3 is 0 Å². The van der Waals surface area contributed by atoms with Crippen LogP contribution in [0.15, 0.2) is 42.5 Å². The van der Waals surface area contributed by atoms with Crippen molar-refractivity contribution in [2.75, 3.05) is 32.1 Å². The highest BCUT2D eigenvalue weighted by molar-refractivity contribution is 5.95. The van der Waals surface area contributed by atoms with E-state index < -0.39 is 17.7 Å². The molecule has 0 radical (unpaired) electrons. The molecule has 5 nitrogen and oxygen atoms in total. The lowest BCUT2D eigenvalue weighted by atomic mass is 10.2. The number of rotatable bonds is 4. The number of carbonyl (C=O) groups excluding carboxylic acids is 1. The smallest absolute Gasteiger partial charge is 0.254 e. The molecular formula is C18H18F2N2O3. The third-order valence-electron chi connectivity index (χ3n) is 3.77. The minimum atomic E-state index is -0.741. The number of ether oxygens (including phenoxy) is 2. The van der Waals surface area contributed by atoms with Gasteiger partial charge in [0.1, 0.15) is 23.5 Å². The summed E-state index contributed by atoms with van der Waals surface area (Å²) in [4.78, 5) is 14.4. The molecule has 0 unspecified atom stereocenters. The summed E-state index contributed by atoms with van der Waals surface area (Å²) >= 11 is 0. The van der Waals surface area contributed by atoms with E-state index in [0.717, 1.165) is 24.7 Å². The molecule has 2 aromatic rings. The first-order valence-corrected chi connectivity index (χ1v) is 7.85. The van der Waals surface area contributed by atoms with Gasteiger partial charge in [-0.15, -0.1) is 0 Å². The second kappa shape index (κ2) is 7.58. The predicted molar refractivity (Wildman–Crippen MR) is 88.7 cm³/mol. The summed E-state index contributed by atoms with van der Waals surface area (Å²) in [5.41, 5.74) is 0.397. The third kappa shape index (κ3) is 4.52. The molecule has 0 bridgehead atoms. The Balaban J connectivity index is 1.75.